The van der Waals surface area contributed by atoms with Crippen molar-refractivity contribution >= 4 is 5.97 Å². The Morgan fingerprint density at radius 2 is 1.84 bits per heavy atom. The van der Waals surface area contributed by atoms with Crippen molar-refractivity contribution in [3.63, 3.8) is 0 Å². The predicted molar refractivity (Wildman–Crippen MR) is 76.4 cm³/mol. The summed E-state index contributed by atoms with van der Waals surface area (Å²) in [6, 6.07) is 8.01. The number of rotatable bonds is 5. The second kappa shape index (κ2) is 6.98. The average molecular weight is 262 g/mol. The number of hydrogen-bond donors (Lipinski definition) is 0. The second-order valence-corrected chi connectivity index (χ2v) is 5.24. The Kier molecular flexibility index (Phi) is 5.61. The highest BCUT2D eigenvalue weighted by Gasteiger charge is 2.12. The summed E-state index contributed by atoms with van der Waals surface area (Å²) in [6.45, 7) is 9.03. The third-order valence-corrected chi connectivity index (χ3v) is 2.61. The highest BCUT2D eigenvalue weighted by Crippen LogP contribution is 2.24. The van der Waals surface area contributed by atoms with Gasteiger partial charge in [-0.2, -0.15) is 0 Å². The molecule has 1 aromatic carbocycles. The Labute approximate surface area is 115 Å². The van der Waals surface area contributed by atoms with Gasteiger partial charge in [-0.1, -0.05) is 32.9 Å². The van der Waals surface area contributed by atoms with Crippen LogP contribution in [0.25, 0.3) is 0 Å². The fourth-order valence-electron chi connectivity index (χ4n) is 1.53. The fourth-order valence-corrected chi connectivity index (χ4v) is 1.53. The van der Waals surface area contributed by atoms with Crippen LogP contribution in [0, 0.1) is 0 Å². The van der Waals surface area contributed by atoms with Crippen molar-refractivity contribution in [3.05, 3.63) is 42.0 Å². The van der Waals surface area contributed by atoms with Crippen LogP contribution >= 0.6 is 0 Å². The Hall–Kier alpha value is -1.77. The van der Waals surface area contributed by atoms with E-state index in [0.29, 0.717) is 13.2 Å². The Balaban J connectivity index is 2.44. The van der Waals surface area contributed by atoms with Crippen LogP contribution in [0.1, 0.15) is 33.3 Å². The van der Waals surface area contributed by atoms with Gasteiger partial charge in [-0.15, -0.1) is 0 Å². The van der Waals surface area contributed by atoms with E-state index in [9.17, 15) is 4.79 Å². The zero-order valence-electron chi connectivity index (χ0n) is 12.1. The quantitative estimate of drug-likeness (QED) is 0.602. The van der Waals surface area contributed by atoms with Crippen LogP contribution in [-0.4, -0.2) is 19.2 Å². The lowest BCUT2D eigenvalue weighted by atomic mass is 9.87. The van der Waals surface area contributed by atoms with Crippen LogP contribution in [0.15, 0.2) is 36.4 Å². The van der Waals surface area contributed by atoms with E-state index in [2.05, 4.69) is 32.9 Å². The lowest BCUT2D eigenvalue weighted by Gasteiger charge is -2.19. The van der Waals surface area contributed by atoms with Gasteiger partial charge in [0.15, 0.2) is 0 Å². The second-order valence-electron chi connectivity index (χ2n) is 5.24. The predicted octanol–water partition coefficient (Wildman–Crippen LogP) is 3.48. The third-order valence-electron chi connectivity index (χ3n) is 2.61. The molecule has 104 valence electrons. The molecule has 0 radical (unpaired) electrons. The maximum absolute atomic E-state index is 11.0. The van der Waals surface area contributed by atoms with E-state index < -0.39 is 0 Å². The molecule has 0 amide bonds. The van der Waals surface area contributed by atoms with E-state index >= 15 is 0 Å². The monoisotopic (exact) mass is 262 g/mol. The molecule has 0 aromatic heterocycles. The topological polar surface area (TPSA) is 35.5 Å². The van der Waals surface area contributed by atoms with E-state index in [1.54, 1.807) is 13.0 Å². The first-order valence-corrected chi connectivity index (χ1v) is 6.50. The Bertz CT molecular complexity index is 424. The summed E-state index contributed by atoms with van der Waals surface area (Å²) in [4.78, 5) is 11.0. The Morgan fingerprint density at radius 3 is 2.37 bits per heavy atom. The number of ether oxygens (including phenoxy) is 2. The summed E-state index contributed by atoms with van der Waals surface area (Å²) in [5, 5.41) is 0. The summed E-state index contributed by atoms with van der Waals surface area (Å²) in [7, 11) is 0. The summed E-state index contributed by atoms with van der Waals surface area (Å²) in [5.41, 5.74) is 1.41. The zero-order chi connectivity index (χ0) is 14.3. The van der Waals surface area contributed by atoms with Gasteiger partial charge in [-0.05, 0) is 36.1 Å². The molecule has 1 rings (SSSR count). The lowest BCUT2D eigenvalue weighted by Crippen LogP contribution is -2.10. The fraction of sp³-hybridized carbons (Fsp3) is 0.438. The summed E-state index contributed by atoms with van der Waals surface area (Å²) < 4.78 is 10.3. The van der Waals surface area contributed by atoms with E-state index in [1.165, 1.54) is 11.6 Å². The van der Waals surface area contributed by atoms with Gasteiger partial charge < -0.3 is 9.47 Å². The highest BCUT2D eigenvalue weighted by atomic mass is 16.5. The number of hydrogen-bond acceptors (Lipinski definition) is 3. The smallest absolute Gasteiger partial charge is 0.330 e. The summed E-state index contributed by atoms with van der Waals surface area (Å²) in [5.74, 6) is 0.454. The molecular formula is C16H22O3. The van der Waals surface area contributed by atoms with Crippen LogP contribution in [0.2, 0.25) is 0 Å². The van der Waals surface area contributed by atoms with Gasteiger partial charge in [0.25, 0.3) is 0 Å². The first-order valence-electron chi connectivity index (χ1n) is 6.50. The summed E-state index contributed by atoms with van der Waals surface area (Å²) >= 11 is 0. The third kappa shape index (κ3) is 5.60. The molecule has 19 heavy (non-hydrogen) atoms. The van der Waals surface area contributed by atoms with Crippen molar-refractivity contribution in [2.45, 2.75) is 33.1 Å². The molecule has 0 saturated carbocycles. The molecule has 0 aliphatic rings. The summed E-state index contributed by atoms with van der Waals surface area (Å²) in [6.07, 6.45) is 3.03. The van der Waals surface area contributed by atoms with Crippen LogP contribution in [0.5, 0.6) is 5.75 Å². The van der Waals surface area contributed by atoms with Crippen molar-refractivity contribution in [2.75, 3.05) is 13.2 Å². The molecule has 1 aromatic rings. The molecule has 0 unspecified atom stereocenters. The largest absolute Gasteiger partial charge is 0.490 e. The molecule has 3 nitrogen and oxygen atoms in total. The maximum Gasteiger partial charge on any atom is 0.330 e. The number of benzene rings is 1. The molecule has 0 N–H and O–H groups in total. The van der Waals surface area contributed by atoms with Gasteiger partial charge in [0.1, 0.15) is 12.4 Å². The van der Waals surface area contributed by atoms with Crippen molar-refractivity contribution in [3.8, 4) is 5.75 Å². The number of esters is 1. The first kappa shape index (κ1) is 15.3. The number of carbonyl (C=O) groups excluding carboxylic acids is 1. The standard InChI is InChI=1S/C16H22O3/c1-5-18-15(17)7-6-12-19-14-10-8-13(9-11-14)16(2,3)4/h6-11H,5,12H2,1-4H3/b7-6+. The molecule has 0 spiro atoms. The minimum absolute atomic E-state index is 0.141. The normalized spacial score (nSPS) is 11.6. The van der Waals surface area contributed by atoms with Gasteiger partial charge in [0.2, 0.25) is 0 Å². The molecular weight excluding hydrogens is 240 g/mol. The van der Waals surface area contributed by atoms with Crippen LogP contribution in [-0.2, 0) is 14.9 Å². The van der Waals surface area contributed by atoms with Crippen LogP contribution < -0.4 is 4.74 Å². The molecule has 0 bridgehead atoms. The van der Waals surface area contributed by atoms with Crippen molar-refractivity contribution in [1.29, 1.82) is 0 Å². The number of carbonyl (C=O) groups is 1. The van der Waals surface area contributed by atoms with Crippen molar-refractivity contribution < 1.29 is 14.3 Å². The average Bonchev–Trinajstić information content (AvgIpc) is 2.34. The van der Waals surface area contributed by atoms with Gasteiger partial charge >= 0.3 is 5.97 Å². The lowest BCUT2D eigenvalue weighted by molar-refractivity contribution is -0.137. The van der Waals surface area contributed by atoms with Crippen LogP contribution in [0.3, 0.4) is 0 Å². The highest BCUT2D eigenvalue weighted by molar-refractivity contribution is 5.81. The van der Waals surface area contributed by atoms with Crippen molar-refractivity contribution in [2.24, 2.45) is 0 Å². The maximum atomic E-state index is 11.0. The molecule has 0 atom stereocenters. The van der Waals surface area contributed by atoms with E-state index in [-0.39, 0.29) is 11.4 Å². The molecule has 0 fully saturated rings. The minimum Gasteiger partial charge on any atom is -0.490 e. The van der Waals surface area contributed by atoms with Gasteiger partial charge in [0, 0.05) is 6.08 Å². The SMILES string of the molecule is CCOC(=O)/C=C/COc1ccc(C(C)(C)C)cc1. The van der Waals surface area contributed by atoms with E-state index in [0.717, 1.165) is 5.75 Å². The molecule has 3 heteroatoms. The minimum atomic E-state index is -0.339. The first-order chi connectivity index (χ1) is 8.93. The molecule has 0 aliphatic carbocycles. The van der Waals surface area contributed by atoms with Gasteiger partial charge in [0.05, 0.1) is 6.61 Å². The Morgan fingerprint density at radius 1 is 1.21 bits per heavy atom. The van der Waals surface area contributed by atoms with E-state index in [4.69, 9.17) is 9.47 Å². The molecule has 0 aliphatic heterocycles. The zero-order valence-corrected chi connectivity index (χ0v) is 12.1. The molecule has 0 heterocycles. The van der Waals surface area contributed by atoms with Crippen LogP contribution in [0.4, 0.5) is 0 Å². The molecule has 0 saturated heterocycles. The van der Waals surface area contributed by atoms with Crippen molar-refractivity contribution in [1.82, 2.24) is 0 Å². The van der Waals surface area contributed by atoms with E-state index in [1.807, 2.05) is 12.1 Å². The van der Waals surface area contributed by atoms with Gasteiger partial charge in [-0.3, -0.25) is 0 Å². The van der Waals surface area contributed by atoms with Gasteiger partial charge in [-0.25, -0.2) is 4.79 Å².